The maximum absolute atomic E-state index is 12.7. The summed E-state index contributed by atoms with van der Waals surface area (Å²) in [5.74, 6) is -0.622. The van der Waals surface area contributed by atoms with Crippen molar-refractivity contribution >= 4 is 27.3 Å². The molecule has 1 fully saturated rings. The fraction of sp³-hybridized carbons (Fsp3) is 0.583. The van der Waals surface area contributed by atoms with E-state index < -0.39 is 16.0 Å². The molecule has 1 aromatic heterocycles. The molecule has 2 rings (SSSR count). The number of esters is 1. The number of piperidine rings is 1. The minimum atomic E-state index is -3.71. The second-order valence-corrected chi connectivity index (χ2v) is 7.59. The quantitative estimate of drug-likeness (QED) is 0.838. The Morgan fingerprint density at radius 1 is 1.55 bits per heavy atom. The molecule has 1 aromatic rings. The molecule has 1 aliphatic heterocycles. The first-order valence-corrected chi connectivity index (χ1v) is 8.62. The van der Waals surface area contributed by atoms with Gasteiger partial charge in [0.15, 0.2) is 0 Å². The topological polar surface area (TPSA) is 89.7 Å². The molecule has 1 unspecified atom stereocenters. The molecule has 8 heteroatoms. The Morgan fingerprint density at radius 3 is 2.85 bits per heavy atom. The smallest absolute Gasteiger partial charge is 0.349 e. The van der Waals surface area contributed by atoms with Gasteiger partial charge in [-0.05, 0) is 30.7 Å². The fourth-order valence-electron chi connectivity index (χ4n) is 2.31. The Bertz CT molecular complexity index is 609. The van der Waals surface area contributed by atoms with E-state index in [4.69, 9.17) is 5.73 Å². The van der Waals surface area contributed by atoms with Crippen LogP contribution >= 0.6 is 11.3 Å². The third kappa shape index (κ3) is 2.73. The van der Waals surface area contributed by atoms with E-state index in [0.717, 1.165) is 24.2 Å². The molecule has 0 bridgehead atoms. The van der Waals surface area contributed by atoms with Crippen molar-refractivity contribution in [3.8, 4) is 0 Å². The number of hydrogen-bond acceptors (Lipinski definition) is 6. The zero-order valence-electron chi connectivity index (χ0n) is 11.5. The van der Waals surface area contributed by atoms with Crippen LogP contribution in [0.5, 0.6) is 0 Å². The van der Waals surface area contributed by atoms with Gasteiger partial charge in [0.05, 0.1) is 7.11 Å². The second kappa shape index (κ2) is 5.80. The molecule has 0 saturated carbocycles. The van der Waals surface area contributed by atoms with E-state index in [-0.39, 0.29) is 22.4 Å². The van der Waals surface area contributed by atoms with Gasteiger partial charge < -0.3 is 10.5 Å². The normalized spacial score (nSPS) is 20.9. The highest BCUT2D eigenvalue weighted by Crippen LogP contribution is 2.31. The van der Waals surface area contributed by atoms with E-state index in [9.17, 15) is 13.2 Å². The minimum Gasteiger partial charge on any atom is -0.465 e. The van der Waals surface area contributed by atoms with E-state index in [1.165, 1.54) is 11.4 Å². The van der Waals surface area contributed by atoms with E-state index in [0.29, 0.717) is 12.1 Å². The minimum absolute atomic E-state index is 0.0588. The summed E-state index contributed by atoms with van der Waals surface area (Å²) in [6.45, 7) is 2.41. The van der Waals surface area contributed by atoms with Crippen LogP contribution in [0.3, 0.4) is 0 Å². The Hall–Kier alpha value is -0.960. The van der Waals surface area contributed by atoms with Gasteiger partial charge in [-0.1, -0.05) is 0 Å². The highest BCUT2D eigenvalue weighted by molar-refractivity contribution is 7.89. The number of thiophene rings is 1. The first-order valence-electron chi connectivity index (χ1n) is 6.30. The maximum atomic E-state index is 12.7. The number of aryl methyl sites for hydroxylation is 1. The van der Waals surface area contributed by atoms with Crippen LogP contribution in [0.4, 0.5) is 0 Å². The van der Waals surface area contributed by atoms with Crippen LogP contribution in [-0.4, -0.2) is 44.9 Å². The Kier molecular flexibility index (Phi) is 4.48. The molecule has 0 radical (unpaired) electrons. The van der Waals surface area contributed by atoms with Gasteiger partial charge >= 0.3 is 5.97 Å². The van der Waals surface area contributed by atoms with Crippen LogP contribution in [0.15, 0.2) is 10.3 Å². The highest BCUT2D eigenvalue weighted by atomic mass is 32.2. The lowest BCUT2D eigenvalue weighted by molar-refractivity contribution is 0.0602. The first kappa shape index (κ1) is 15.4. The number of rotatable bonds is 3. The largest absolute Gasteiger partial charge is 0.465 e. The van der Waals surface area contributed by atoms with Crippen molar-refractivity contribution in [3.63, 3.8) is 0 Å². The first-order chi connectivity index (χ1) is 9.37. The lowest BCUT2D eigenvalue weighted by Gasteiger charge is -2.30. The van der Waals surface area contributed by atoms with Gasteiger partial charge in [0.1, 0.15) is 9.77 Å². The van der Waals surface area contributed by atoms with Crippen LogP contribution in [0.2, 0.25) is 0 Å². The van der Waals surface area contributed by atoms with Gasteiger partial charge in [-0.2, -0.15) is 4.31 Å². The molecule has 6 nitrogen and oxygen atoms in total. The SMILES string of the molecule is COC(=O)c1scc(C)c1S(=O)(=O)N1CCCC(N)C1. The van der Waals surface area contributed by atoms with Crippen LogP contribution in [-0.2, 0) is 14.8 Å². The molecule has 1 aliphatic rings. The maximum Gasteiger partial charge on any atom is 0.349 e. The Morgan fingerprint density at radius 2 is 2.25 bits per heavy atom. The summed E-state index contributed by atoms with van der Waals surface area (Å²) < 4.78 is 31.5. The summed E-state index contributed by atoms with van der Waals surface area (Å²) in [5.41, 5.74) is 6.41. The van der Waals surface area contributed by atoms with E-state index in [2.05, 4.69) is 4.74 Å². The Balaban J connectivity index is 2.44. The van der Waals surface area contributed by atoms with E-state index >= 15 is 0 Å². The summed E-state index contributed by atoms with van der Waals surface area (Å²) in [4.78, 5) is 11.9. The van der Waals surface area contributed by atoms with Gasteiger partial charge in [0, 0.05) is 19.1 Å². The van der Waals surface area contributed by atoms with Gasteiger partial charge in [0.25, 0.3) is 0 Å². The molecule has 0 spiro atoms. The molecule has 2 N–H and O–H groups in total. The number of carbonyl (C=O) groups is 1. The number of methoxy groups -OCH3 is 1. The second-order valence-electron chi connectivity index (χ2n) is 4.83. The summed E-state index contributed by atoms with van der Waals surface area (Å²) in [6.07, 6.45) is 1.55. The summed E-state index contributed by atoms with van der Waals surface area (Å²) >= 11 is 1.09. The van der Waals surface area contributed by atoms with Gasteiger partial charge in [0.2, 0.25) is 10.0 Å². The van der Waals surface area contributed by atoms with Gasteiger partial charge in [-0.15, -0.1) is 11.3 Å². The Labute approximate surface area is 122 Å². The molecule has 112 valence electrons. The molecule has 0 amide bonds. The van der Waals surface area contributed by atoms with Crippen molar-refractivity contribution in [1.82, 2.24) is 4.31 Å². The number of nitrogens with zero attached hydrogens (tertiary/aromatic N) is 1. The van der Waals surface area contributed by atoms with Crippen molar-refractivity contribution < 1.29 is 17.9 Å². The number of carbonyl (C=O) groups excluding carboxylic acids is 1. The number of nitrogens with two attached hydrogens (primary N) is 1. The lowest BCUT2D eigenvalue weighted by Crippen LogP contribution is -2.45. The summed E-state index contributed by atoms with van der Waals surface area (Å²) in [7, 11) is -2.46. The van der Waals surface area contributed by atoms with Gasteiger partial charge in [-0.3, -0.25) is 0 Å². The standard InChI is InChI=1S/C12H18N2O4S2/c1-8-7-19-10(12(15)18-2)11(8)20(16,17)14-5-3-4-9(13)6-14/h7,9H,3-6,13H2,1-2H3. The predicted octanol–water partition coefficient (Wildman–Crippen LogP) is 0.955. The predicted molar refractivity (Wildman–Crippen MR) is 76.4 cm³/mol. The average molecular weight is 318 g/mol. The van der Waals surface area contributed by atoms with E-state index in [1.54, 1.807) is 12.3 Å². The third-order valence-corrected chi connectivity index (χ3v) is 6.57. The summed E-state index contributed by atoms with van der Waals surface area (Å²) in [5, 5.41) is 1.66. The van der Waals surface area contributed by atoms with Crippen molar-refractivity contribution in [1.29, 1.82) is 0 Å². The average Bonchev–Trinajstić information content (AvgIpc) is 2.80. The molecular weight excluding hydrogens is 300 g/mol. The van der Waals surface area contributed by atoms with Crippen LogP contribution in [0.25, 0.3) is 0 Å². The van der Waals surface area contributed by atoms with Gasteiger partial charge in [-0.25, -0.2) is 13.2 Å². The fourth-order valence-corrected chi connectivity index (χ4v) is 5.50. The third-order valence-electron chi connectivity index (χ3n) is 3.31. The molecule has 1 saturated heterocycles. The monoisotopic (exact) mass is 318 g/mol. The summed E-state index contributed by atoms with van der Waals surface area (Å²) in [6, 6.07) is -0.154. The van der Waals surface area contributed by atoms with E-state index in [1.807, 2.05) is 0 Å². The van der Waals surface area contributed by atoms with Crippen LogP contribution < -0.4 is 5.73 Å². The lowest BCUT2D eigenvalue weighted by atomic mass is 10.1. The van der Waals surface area contributed by atoms with Crippen molar-refractivity contribution in [2.75, 3.05) is 20.2 Å². The molecule has 20 heavy (non-hydrogen) atoms. The van der Waals surface area contributed by atoms with Crippen molar-refractivity contribution in [2.45, 2.75) is 30.7 Å². The molecular formula is C12H18N2O4S2. The molecule has 2 heterocycles. The van der Waals surface area contributed by atoms with Crippen molar-refractivity contribution in [3.05, 3.63) is 15.8 Å². The molecule has 1 atom stereocenters. The molecule has 0 aromatic carbocycles. The zero-order valence-corrected chi connectivity index (χ0v) is 13.1. The molecule has 0 aliphatic carbocycles. The van der Waals surface area contributed by atoms with Crippen LogP contribution in [0.1, 0.15) is 28.1 Å². The highest BCUT2D eigenvalue weighted by Gasteiger charge is 2.34. The van der Waals surface area contributed by atoms with Crippen molar-refractivity contribution in [2.24, 2.45) is 5.73 Å². The number of ether oxygens (including phenoxy) is 1. The number of sulfonamides is 1. The van der Waals surface area contributed by atoms with Crippen LogP contribution in [0, 0.1) is 6.92 Å². The number of hydrogen-bond donors (Lipinski definition) is 1. The zero-order chi connectivity index (χ0) is 14.9.